The predicted octanol–water partition coefficient (Wildman–Crippen LogP) is 2.91. The van der Waals surface area contributed by atoms with E-state index < -0.39 is 17.9 Å². The third kappa shape index (κ3) is 13.8. The first-order valence-corrected chi connectivity index (χ1v) is 8.92. The van der Waals surface area contributed by atoms with Crippen molar-refractivity contribution >= 4 is 17.8 Å². The SMILES string of the molecule is CCCCCC/C=C\CCCCCC(=O)N[C@H](CC(N)=O)C(=O)O. The first-order chi connectivity index (χ1) is 11.5. The van der Waals surface area contributed by atoms with Crippen LogP contribution in [0.5, 0.6) is 0 Å². The number of carbonyl (C=O) groups excluding carboxylic acids is 2. The molecular weight excluding hydrogens is 308 g/mol. The van der Waals surface area contributed by atoms with E-state index in [1.54, 1.807) is 0 Å². The fraction of sp³-hybridized carbons (Fsp3) is 0.722. The summed E-state index contributed by atoms with van der Waals surface area (Å²) in [4.78, 5) is 33.3. The highest BCUT2D eigenvalue weighted by molar-refractivity contribution is 5.88. The van der Waals surface area contributed by atoms with Crippen LogP contribution in [0.15, 0.2) is 12.2 Å². The number of carboxylic acid groups (broad SMARTS) is 1. The Bertz CT molecular complexity index is 408. The van der Waals surface area contributed by atoms with Gasteiger partial charge in [-0.25, -0.2) is 4.79 Å². The monoisotopic (exact) mass is 340 g/mol. The Kier molecular flexibility index (Phi) is 13.6. The number of hydrogen-bond acceptors (Lipinski definition) is 3. The standard InChI is InChI=1S/C18H32N2O4/c1-2-3-4-5-6-7-8-9-10-11-12-13-17(22)20-15(18(23)24)14-16(19)21/h7-8,15H,2-6,9-14H2,1H3,(H2,19,21)(H,20,22)(H,23,24)/b8-7-/t15-/m1/s1. The van der Waals surface area contributed by atoms with Gasteiger partial charge in [-0.3, -0.25) is 9.59 Å². The first-order valence-electron chi connectivity index (χ1n) is 8.92. The number of nitrogens with one attached hydrogen (secondary N) is 1. The van der Waals surface area contributed by atoms with Crippen molar-refractivity contribution < 1.29 is 19.5 Å². The average molecular weight is 340 g/mol. The molecule has 0 bridgehead atoms. The summed E-state index contributed by atoms with van der Waals surface area (Å²) >= 11 is 0. The van der Waals surface area contributed by atoms with Crippen molar-refractivity contribution in [2.24, 2.45) is 5.73 Å². The number of nitrogens with two attached hydrogens (primary N) is 1. The lowest BCUT2D eigenvalue weighted by molar-refractivity contribution is -0.143. The van der Waals surface area contributed by atoms with Crippen molar-refractivity contribution in [3.05, 3.63) is 12.2 Å². The van der Waals surface area contributed by atoms with E-state index in [0.717, 1.165) is 25.7 Å². The van der Waals surface area contributed by atoms with Crippen molar-refractivity contribution in [1.29, 1.82) is 0 Å². The van der Waals surface area contributed by atoms with Crippen LogP contribution in [-0.2, 0) is 14.4 Å². The largest absolute Gasteiger partial charge is 0.480 e. The molecule has 138 valence electrons. The summed E-state index contributed by atoms with van der Waals surface area (Å²) in [5.41, 5.74) is 4.96. The zero-order valence-corrected chi connectivity index (χ0v) is 14.8. The maximum absolute atomic E-state index is 11.7. The second-order valence-corrected chi connectivity index (χ2v) is 6.05. The number of primary amides is 1. The van der Waals surface area contributed by atoms with Crippen LogP contribution < -0.4 is 11.1 Å². The number of amides is 2. The Labute approximate surface area is 144 Å². The lowest BCUT2D eigenvalue weighted by Gasteiger charge is -2.12. The Balaban J connectivity index is 3.65. The van der Waals surface area contributed by atoms with Gasteiger partial charge in [-0.05, 0) is 32.1 Å². The second-order valence-electron chi connectivity index (χ2n) is 6.05. The van der Waals surface area contributed by atoms with Crippen LogP contribution >= 0.6 is 0 Å². The van der Waals surface area contributed by atoms with Gasteiger partial charge < -0.3 is 16.2 Å². The van der Waals surface area contributed by atoms with E-state index in [1.807, 2.05) is 0 Å². The van der Waals surface area contributed by atoms with E-state index in [4.69, 9.17) is 10.8 Å². The van der Waals surface area contributed by atoms with E-state index in [2.05, 4.69) is 24.4 Å². The molecule has 0 saturated carbocycles. The molecule has 24 heavy (non-hydrogen) atoms. The smallest absolute Gasteiger partial charge is 0.326 e. The molecule has 6 nitrogen and oxygen atoms in total. The summed E-state index contributed by atoms with van der Waals surface area (Å²) < 4.78 is 0. The Morgan fingerprint density at radius 1 is 1.00 bits per heavy atom. The van der Waals surface area contributed by atoms with Gasteiger partial charge >= 0.3 is 5.97 Å². The van der Waals surface area contributed by atoms with E-state index in [9.17, 15) is 14.4 Å². The van der Waals surface area contributed by atoms with Crippen LogP contribution in [0.4, 0.5) is 0 Å². The molecule has 0 aromatic carbocycles. The van der Waals surface area contributed by atoms with Gasteiger partial charge in [0.2, 0.25) is 11.8 Å². The van der Waals surface area contributed by atoms with Gasteiger partial charge in [-0.15, -0.1) is 0 Å². The molecule has 0 aliphatic heterocycles. The number of aliphatic carboxylic acids is 1. The predicted molar refractivity (Wildman–Crippen MR) is 94.4 cm³/mol. The van der Waals surface area contributed by atoms with Crippen molar-refractivity contribution in [2.45, 2.75) is 83.6 Å². The van der Waals surface area contributed by atoms with Crippen LogP contribution in [0, 0.1) is 0 Å². The summed E-state index contributed by atoms with van der Waals surface area (Å²) in [5.74, 6) is -2.34. The number of allylic oxidation sites excluding steroid dienone is 2. The fourth-order valence-electron chi connectivity index (χ4n) is 2.32. The van der Waals surface area contributed by atoms with Crippen molar-refractivity contribution in [1.82, 2.24) is 5.32 Å². The number of carboxylic acids is 1. The molecule has 0 heterocycles. The summed E-state index contributed by atoms with van der Waals surface area (Å²) in [6, 6.07) is -1.23. The average Bonchev–Trinajstić information content (AvgIpc) is 2.51. The molecule has 0 aromatic heterocycles. The molecule has 1 atom stereocenters. The van der Waals surface area contributed by atoms with Gasteiger partial charge in [-0.1, -0.05) is 44.8 Å². The van der Waals surface area contributed by atoms with Gasteiger partial charge in [0, 0.05) is 6.42 Å². The Hall–Kier alpha value is -1.85. The normalized spacial score (nSPS) is 12.2. The van der Waals surface area contributed by atoms with Crippen LogP contribution in [0.1, 0.15) is 77.6 Å². The molecule has 6 heteroatoms. The van der Waals surface area contributed by atoms with E-state index in [1.165, 1.54) is 25.7 Å². The van der Waals surface area contributed by atoms with Crippen molar-refractivity contribution in [3.8, 4) is 0 Å². The van der Waals surface area contributed by atoms with Gasteiger partial charge in [0.15, 0.2) is 0 Å². The van der Waals surface area contributed by atoms with Crippen LogP contribution in [0.25, 0.3) is 0 Å². The zero-order valence-electron chi connectivity index (χ0n) is 14.8. The molecule has 0 saturated heterocycles. The third-order valence-electron chi connectivity index (χ3n) is 3.70. The lowest BCUT2D eigenvalue weighted by atomic mass is 10.1. The summed E-state index contributed by atoms with van der Waals surface area (Å²) in [6.07, 6.45) is 14.2. The number of rotatable bonds is 15. The molecule has 0 rings (SSSR count). The summed E-state index contributed by atoms with van der Waals surface area (Å²) in [7, 11) is 0. The minimum absolute atomic E-state index is 0.267. The summed E-state index contributed by atoms with van der Waals surface area (Å²) in [6.45, 7) is 2.20. The molecule has 0 aliphatic rings. The minimum Gasteiger partial charge on any atom is -0.480 e. The van der Waals surface area contributed by atoms with E-state index >= 15 is 0 Å². The number of unbranched alkanes of at least 4 members (excludes halogenated alkanes) is 7. The fourth-order valence-corrected chi connectivity index (χ4v) is 2.32. The van der Waals surface area contributed by atoms with Crippen LogP contribution in [0.2, 0.25) is 0 Å². The van der Waals surface area contributed by atoms with Gasteiger partial charge in [-0.2, -0.15) is 0 Å². The molecule has 0 spiro atoms. The summed E-state index contributed by atoms with van der Waals surface area (Å²) in [5, 5.41) is 11.2. The van der Waals surface area contributed by atoms with Crippen molar-refractivity contribution in [3.63, 3.8) is 0 Å². The topological polar surface area (TPSA) is 109 Å². The second kappa shape index (κ2) is 14.7. The maximum atomic E-state index is 11.7. The van der Waals surface area contributed by atoms with Crippen molar-refractivity contribution in [2.75, 3.05) is 0 Å². The quantitative estimate of drug-likeness (QED) is 0.314. The highest BCUT2D eigenvalue weighted by Gasteiger charge is 2.21. The Morgan fingerprint density at radius 3 is 2.08 bits per heavy atom. The van der Waals surface area contributed by atoms with E-state index in [-0.39, 0.29) is 18.7 Å². The molecule has 0 fully saturated rings. The molecule has 0 aliphatic carbocycles. The van der Waals surface area contributed by atoms with Crippen LogP contribution in [0.3, 0.4) is 0 Å². The zero-order chi connectivity index (χ0) is 18.2. The number of carbonyl (C=O) groups is 3. The highest BCUT2D eigenvalue weighted by atomic mass is 16.4. The molecule has 0 unspecified atom stereocenters. The van der Waals surface area contributed by atoms with Gasteiger partial charge in [0.25, 0.3) is 0 Å². The highest BCUT2D eigenvalue weighted by Crippen LogP contribution is 2.07. The van der Waals surface area contributed by atoms with Gasteiger partial charge in [0.1, 0.15) is 6.04 Å². The number of hydrogen-bond donors (Lipinski definition) is 3. The molecule has 4 N–H and O–H groups in total. The third-order valence-corrected chi connectivity index (χ3v) is 3.70. The van der Waals surface area contributed by atoms with E-state index in [0.29, 0.717) is 6.42 Å². The lowest BCUT2D eigenvalue weighted by Crippen LogP contribution is -2.43. The Morgan fingerprint density at radius 2 is 1.58 bits per heavy atom. The minimum atomic E-state index is -1.24. The van der Waals surface area contributed by atoms with Gasteiger partial charge in [0.05, 0.1) is 6.42 Å². The molecule has 0 radical (unpaired) electrons. The first kappa shape index (κ1) is 22.1. The molecule has 0 aromatic rings. The van der Waals surface area contributed by atoms with Crippen LogP contribution in [-0.4, -0.2) is 28.9 Å². The molecule has 2 amide bonds. The molecular formula is C18H32N2O4. The maximum Gasteiger partial charge on any atom is 0.326 e.